The zero-order chi connectivity index (χ0) is 15.0. The molecule has 0 saturated carbocycles. The van der Waals surface area contributed by atoms with Crippen LogP contribution in [-0.4, -0.2) is 54.4 Å². The summed E-state index contributed by atoms with van der Waals surface area (Å²) in [4.78, 5) is 14.7. The van der Waals surface area contributed by atoms with Crippen molar-refractivity contribution in [2.45, 2.75) is 19.9 Å². The standard InChI is InChI=1S/C15H24N2O3/c1-3-17(9-10-18)14-6-4-5-13(11-14)12-16(2)8-7-15(19)20/h4-6,11,18H,3,7-10,12H2,1-2H3,(H,19,20). The van der Waals surface area contributed by atoms with Gasteiger partial charge in [-0.25, -0.2) is 0 Å². The number of aliphatic hydroxyl groups is 1. The SMILES string of the molecule is CCN(CCO)c1cccc(CN(C)CCC(=O)O)c1. The van der Waals surface area contributed by atoms with E-state index >= 15 is 0 Å². The summed E-state index contributed by atoms with van der Waals surface area (Å²) in [6.07, 6.45) is 0.155. The van der Waals surface area contributed by atoms with Gasteiger partial charge in [-0.15, -0.1) is 0 Å². The van der Waals surface area contributed by atoms with Crippen LogP contribution in [0.2, 0.25) is 0 Å². The van der Waals surface area contributed by atoms with E-state index in [2.05, 4.69) is 17.9 Å². The summed E-state index contributed by atoms with van der Waals surface area (Å²) in [5.41, 5.74) is 2.23. The van der Waals surface area contributed by atoms with Gasteiger partial charge in [-0.05, 0) is 31.7 Å². The lowest BCUT2D eigenvalue weighted by atomic mass is 10.1. The summed E-state index contributed by atoms with van der Waals surface area (Å²) in [5.74, 6) is -0.772. The minimum atomic E-state index is -0.772. The van der Waals surface area contributed by atoms with Gasteiger partial charge in [-0.3, -0.25) is 4.79 Å². The Labute approximate surface area is 120 Å². The van der Waals surface area contributed by atoms with Gasteiger partial charge in [0, 0.05) is 31.9 Å². The summed E-state index contributed by atoms with van der Waals surface area (Å²) < 4.78 is 0. The molecule has 5 heteroatoms. The molecule has 1 aromatic carbocycles. The molecule has 0 bridgehead atoms. The van der Waals surface area contributed by atoms with E-state index in [0.717, 1.165) is 24.3 Å². The molecule has 1 rings (SSSR count). The maximum absolute atomic E-state index is 10.6. The molecule has 5 nitrogen and oxygen atoms in total. The molecule has 0 aliphatic rings. The number of carbonyl (C=O) groups is 1. The van der Waals surface area contributed by atoms with E-state index in [-0.39, 0.29) is 13.0 Å². The van der Waals surface area contributed by atoms with Gasteiger partial charge < -0.3 is 20.0 Å². The summed E-state index contributed by atoms with van der Waals surface area (Å²) in [5, 5.41) is 17.7. The topological polar surface area (TPSA) is 64.0 Å². The number of aliphatic hydroxyl groups excluding tert-OH is 1. The molecule has 0 fully saturated rings. The maximum Gasteiger partial charge on any atom is 0.304 e. The Bertz CT molecular complexity index is 423. The van der Waals surface area contributed by atoms with E-state index in [1.807, 2.05) is 30.1 Å². The zero-order valence-electron chi connectivity index (χ0n) is 12.2. The second-order valence-electron chi connectivity index (χ2n) is 4.85. The molecule has 1 aromatic rings. The third kappa shape index (κ3) is 5.59. The maximum atomic E-state index is 10.6. The van der Waals surface area contributed by atoms with Gasteiger partial charge in [-0.2, -0.15) is 0 Å². The number of carboxylic acids is 1. The van der Waals surface area contributed by atoms with Gasteiger partial charge in [0.15, 0.2) is 0 Å². The number of aliphatic carboxylic acids is 1. The van der Waals surface area contributed by atoms with Crippen molar-refractivity contribution in [3.8, 4) is 0 Å². The molecule has 2 N–H and O–H groups in total. The highest BCUT2D eigenvalue weighted by molar-refractivity contribution is 5.66. The first kappa shape index (κ1) is 16.5. The number of likely N-dealkylation sites (N-methyl/N-ethyl adjacent to an activating group) is 1. The minimum Gasteiger partial charge on any atom is -0.481 e. The van der Waals surface area contributed by atoms with Crippen LogP contribution in [-0.2, 0) is 11.3 Å². The van der Waals surface area contributed by atoms with Gasteiger partial charge in [0.25, 0.3) is 0 Å². The Morgan fingerprint density at radius 3 is 2.65 bits per heavy atom. The normalized spacial score (nSPS) is 10.8. The summed E-state index contributed by atoms with van der Waals surface area (Å²) in [7, 11) is 1.92. The average Bonchev–Trinajstić information content (AvgIpc) is 2.43. The van der Waals surface area contributed by atoms with Crippen LogP contribution in [0, 0.1) is 0 Å². The van der Waals surface area contributed by atoms with Crippen molar-refractivity contribution in [3.63, 3.8) is 0 Å². The van der Waals surface area contributed by atoms with Crippen LogP contribution in [0.1, 0.15) is 18.9 Å². The molecule has 0 aliphatic carbocycles. The quantitative estimate of drug-likeness (QED) is 0.716. The molecule has 112 valence electrons. The van der Waals surface area contributed by atoms with Crippen molar-refractivity contribution in [2.75, 3.05) is 38.2 Å². The highest BCUT2D eigenvalue weighted by atomic mass is 16.4. The molecule has 0 amide bonds. The van der Waals surface area contributed by atoms with Crippen LogP contribution < -0.4 is 4.90 Å². The number of hydrogen-bond acceptors (Lipinski definition) is 4. The van der Waals surface area contributed by atoms with Crippen molar-refractivity contribution < 1.29 is 15.0 Å². The van der Waals surface area contributed by atoms with Gasteiger partial charge in [0.05, 0.1) is 13.0 Å². The lowest BCUT2D eigenvalue weighted by Crippen LogP contribution is -2.26. The number of rotatable bonds is 9. The second kappa shape index (κ2) is 8.55. The van der Waals surface area contributed by atoms with E-state index in [1.54, 1.807) is 0 Å². The van der Waals surface area contributed by atoms with E-state index in [4.69, 9.17) is 10.2 Å². The molecule has 20 heavy (non-hydrogen) atoms. The highest BCUT2D eigenvalue weighted by Crippen LogP contribution is 2.17. The molecular weight excluding hydrogens is 256 g/mol. The summed E-state index contributed by atoms with van der Waals surface area (Å²) in [6, 6.07) is 8.15. The fraction of sp³-hybridized carbons (Fsp3) is 0.533. The monoisotopic (exact) mass is 280 g/mol. The molecule has 0 unspecified atom stereocenters. The summed E-state index contributed by atoms with van der Waals surface area (Å²) >= 11 is 0. The molecular formula is C15H24N2O3. The predicted octanol–water partition coefficient (Wildman–Crippen LogP) is 1.41. The van der Waals surface area contributed by atoms with E-state index in [9.17, 15) is 4.79 Å². The third-order valence-corrected chi connectivity index (χ3v) is 3.19. The Balaban J connectivity index is 2.65. The van der Waals surface area contributed by atoms with Crippen LogP contribution in [0.5, 0.6) is 0 Å². The van der Waals surface area contributed by atoms with Gasteiger partial charge >= 0.3 is 5.97 Å². The fourth-order valence-corrected chi connectivity index (χ4v) is 2.12. The Kier molecular flexibility index (Phi) is 7.04. The van der Waals surface area contributed by atoms with Crippen molar-refractivity contribution in [2.24, 2.45) is 0 Å². The molecule has 0 heterocycles. The lowest BCUT2D eigenvalue weighted by molar-refractivity contribution is -0.137. The van der Waals surface area contributed by atoms with Crippen LogP contribution >= 0.6 is 0 Å². The Hall–Kier alpha value is -1.59. The Morgan fingerprint density at radius 1 is 1.30 bits per heavy atom. The largest absolute Gasteiger partial charge is 0.481 e. The molecule has 0 aliphatic heterocycles. The smallest absolute Gasteiger partial charge is 0.304 e. The average molecular weight is 280 g/mol. The van der Waals surface area contributed by atoms with E-state index in [1.165, 1.54) is 0 Å². The van der Waals surface area contributed by atoms with Crippen molar-refractivity contribution in [1.29, 1.82) is 0 Å². The molecule has 0 radical (unpaired) electrons. The van der Waals surface area contributed by atoms with Gasteiger partial charge in [0.2, 0.25) is 0 Å². The number of nitrogens with zero attached hydrogens (tertiary/aromatic N) is 2. The van der Waals surface area contributed by atoms with Crippen LogP contribution in [0.15, 0.2) is 24.3 Å². The molecule has 0 atom stereocenters. The first-order valence-corrected chi connectivity index (χ1v) is 6.92. The first-order valence-electron chi connectivity index (χ1n) is 6.92. The van der Waals surface area contributed by atoms with E-state index in [0.29, 0.717) is 13.1 Å². The van der Waals surface area contributed by atoms with E-state index < -0.39 is 5.97 Å². The van der Waals surface area contributed by atoms with Gasteiger partial charge in [-0.1, -0.05) is 12.1 Å². The number of benzene rings is 1. The van der Waals surface area contributed by atoms with Crippen LogP contribution in [0.3, 0.4) is 0 Å². The Morgan fingerprint density at radius 2 is 2.05 bits per heavy atom. The van der Waals surface area contributed by atoms with Crippen LogP contribution in [0.25, 0.3) is 0 Å². The second-order valence-corrected chi connectivity index (χ2v) is 4.85. The highest BCUT2D eigenvalue weighted by Gasteiger charge is 2.07. The zero-order valence-corrected chi connectivity index (χ0v) is 12.2. The lowest BCUT2D eigenvalue weighted by Gasteiger charge is -2.23. The summed E-state index contributed by atoms with van der Waals surface area (Å²) in [6.45, 7) is 4.91. The number of carboxylic acid groups (broad SMARTS) is 1. The van der Waals surface area contributed by atoms with Gasteiger partial charge in [0.1, 0.15) is 0 Å². The number of anilines is 1. The first-order chi connectivity index (χ1) is 9.56. The van der Waals surface area contributed by atoms with Crippen LogP contribution in [0.4, 0.5) is 5.69 Å². The van der Waals surface area contributed by atoms with Crippen molar-refractivity contribution in [1.82, 2.24) is 4.90 Å². The van der Waals surface area contributed by atoms with Crippen molar-refractivity contribution in [3.05, 3.63) is 29.8 Å². The molecule has 0 spiro atoms. The molecule has 0 aromatic heterocycles. The predicted molar refractivity (Wildman–Crippen MR) is 80.0 cm³/mol. The number of hydrogen-bond donors (Lipinski definition) is 2. The third-order valence-electron chi connectivity index (χ3n) is 3.19. The van der Waals surface area contributed by atoms with Crippen molar-refractivity contribution >= 4 is 11.7 Å². The minimum absolute atomic E-state index is 0.135. The molecule has 0 saturated heterocycles. The fourth-order valence-electron chi connectivity index (χ4n) is 2.12.